The Morgan fingerprint density at radius 1 is 1.36 bits per heavy atom. The Bertz CT molecular complexity index is 345. The van der Waals surface area contributed by atoms with E-state index in [1.54, 1.807) is 12.1 Å². The number of carbonyl (C=O) groups excluding carboxylic acids is 1. The van der Waals surface area contributed by atoms with Crippen LogP contribution in [0.5, 0.6) is 0 Å². The van der Waals surface area contributed by atoms with Gasteiger partial charge in [0.25, 0.3) is 0 Å². The lowest BCUT2D eigenvalue weighted by atomic mass is 9.96. The van der Waals surface area contributed by atoms with Crippen LogP contribution >= 0.6 is 12.6 Å². The van der Waals surface area contributed by atoms with Gasteiger partial charge in [-0.25, -0.2) is 4.79 Å². The first-order valence-electron chi connectivity index (χ1n) is 4.76. The second kappa shape index (κ2) is 4.05. The third-order valence-corrected chi connectivity index (χ3v) is 2.84. The van der Waals surface area contributed by atoms with Crippen LogP contribution in [0, 0.1) is 0 Å². The summed E-state index contributed by atoms with van der Waals surface area (Å²) in [5.74, 6) is -0.250. The van der Waals surface area contributed by atoms with E-state index in [4.69, 9.17) is 4.74 Å². The van der Waals surface area contributed by atoms with Crippen molar-refractivity contribution in [1.29, 1.82) is 0 Å². The fraction of sp³-hybridized carbons (Fsp3) is 0.364. The molecule has 0 amide bonds. The summed E-state index contributed by atoms with van der Waals surface area (Å²) in [6, 6.07) is 7.20. The molecule has 0 spiro atoms. The zero-order valence-electron chi connectivity index (χ0n) is 7.77. The first kappa shape index (κ1) is 9.59. The molecule has 0 heterocycles. The van der Waals surface area contributed by atoms with Gasteiger partial charge in [0, 0.05) is 4.90 Å². The standard InChI is InChI=1S/C11H12O2S/c12-11(13-8-4-3-5-8)9-6-1-2-7-10(9)14/h1-2,6-8,14H,3-5H2. The number of hydrogen-bond donors (Lipinski definition) is 1. The maximum absolute atomic E-state index is 11.6. The SMILES string of the molecule is O=C(OC1CCC1)c1ccccc1S. The van der Waals surface area contributed by atoms with Crippen LogP contribution in [0.25, 0.3) is 0 Å². The summed E-state index contributed by atoms with van der Waals surface area (Å²) in [5.41, 5.74) is 0.558. The third kappa shape index (κ3) is 1.93. The minimum atomic E-state index is -0.250. The first-order valence-corrected chi connectivity index (χ1v) is 5.21. The predicted molar refractivity (Wildman–Crippen MR) is 56.7 cm³/mol. The molecule has 74 valence electrons. The molecule has 1 saturated carbocycles. The summed E-state index contributed by atoms with van der Waals surface area (Å²) in [6.07, 6.45) is 3.30. The van der Waals surface area contributed by atoms with Crippen molar-refractivity contribution in [3.63, 3.8) is 0 Å². The molecule has 1 fully saturated rings. The second-order valence-electron chi connectivity index (χ2n) is 3.48. The summed E-state index contributed by atoms with van der Waals surface area (Å²) < 4.78 is 5.27. The van der Waals surface area contributed by atoms with Crippen molar-refractivity contribution in [2.45, 2.75) is 30.3 Å². The second-order valence-corrected chi connectivity index (χ2v) is 3.96. The molecule has 0 aliphatic heterocycles. The van der Waals surface area contributed by atoms with Gasteiger partial charge in [0.15, 0.2) is 0 Å². The summed E-state index contributed by atoms with van der Waals surface area (Å²) in [5, 5.41) is 0. The molecule has 2 rings (SSSR count). The van der Waals surface area contributed by atoms with Crippen molar-refractivity contribution in [3.8, 4) is 0 Å². The number of rotatable bonds is 2. The van der Waals surface area contributed by atoms with Crippen molar-refractivity contribution < 1.29 is 9.53 Å². The Kier molecular flexibility index (Phi) is 2.77. The van der Waals surface area contributed by atoms with E-state index in [9.17, 15) is 4.79 Å². The van der Waals surface area contributed by atoms with Crippen LogP contribution < -0.4 is 0 Å². The highest BCUT2D eigenvalue weighted by atomic mass is 32.1. The van der Waals surface area contributed by atoms with Crippen molar-refractivity contribution in [1.82, 2.24) is 0 Å². The molecule has 2 nitrogen and oxygen atoms in total. The monoisotopic (exact) mass is 208 g/mol. The lowest BCUT2D eigenvalue weighted by molar-refractivity contribution is 0.00864. The summed E-state index contributed by atoms with van der Waals surface area (Å²) >= 11 is 4.21. The molecule has 14 heavy (non-hydrogen) atoms. The molecular weight excluding hydrogens is 196 g/mol. The smallest absolute Gasteiger partial charge is 0.339 e. The van der Waals surface area contributed by atoms with E-state index in [-0.39, 0.29) is 12.1 Å². The molecule has 0 N–H and O–H groups in total. The number of benzene rings is 1. The Hall–Kier alpha value is -0.960. The van der Waals surface area contributed by atoms with E-state index in [1.165, 1.54) is 6.42 Å². The Morgan fingerprint density at radius 2 is 2.07 bits per heavy atom. The molecule has 0 saturated heterocycles. The normalized spacial score (nSPS) is 16.1. The maximum atomic E-state index is 11.6. The number of hydrogen-bond acceptors (Lipinski definition) is 3. The molecule has 0 bridgehead atoms. The van der Waals surface area contributed by atoms with Crippen LogP contribution in [0.2, 0.25) is 0 Å². The van der Waals surface area contributed by atoms with Crippen molar-refractivity contribution >= 4 is 18.6 Å². The average Bonchev–Trinajstić information content (AvgIpc) is 2.12. The molecule has 0 radical (unpaired) electrons. The van der Waals surface area contributed by atoms with E-state index < -0.39 is 0 Å². The Balaban J connectivity index is 2.06. The molecule has 3 heteroatoms. The van der Waals surface area contributed by atoms with Gasteiger partial charge in [-0.15, -0.1) is 12.6 Å². The highest BCUT2D eigenvalue weighted by Gasteiger charge is 2.22. The fourth-order valence-electron chi connectivity index (χ4n) is 1.35. The number of carbonyl (C=O) groups is 1. The largest absolute Gasteiger partial charge is 0.459 e. The fourth-order valence-corrected chi connectivity index (χ4v) is 1.60. The number of esters is 1. The lowest BCUT2D eigenvalue weighted by Gasteiger charge is -2.25. The van der Waals surface area contributed by atoms with Crippen molar-refractivity contribution in [3.05, 3.63) is 29.8 Å². The molecular formula is C11H12O2S. The zero-order valence-corrected chi connectivity index (χ0v) is 8.67. The van der Waals surface area contributed by atoms with Crippen LogP contribution in [0.15, 0.2) is 29.2 Å². The van der Waals surface area contributed by atoms with Crippen LogP contribution in [0.4, 0.5) is 0 Å². The van der Waals surface area contributed by atoms with Crippen LogP contribution in [0.3, 0.4) is 0 Å². The highest BCUT2D eigenvalue weighted by molar-refractivity contribution is 7.80. The van der Waals surface area contributed by atoms with Crippen LogP contribution in [0.1, 0.15) is 29.6 Å². The molecule has 0 unspecified atom stereocenters. The molecule has 0 atom stereocenters. The summed E-state index contributed by atoms with van der Waals surface area (Å²) in [6.45, 7) is 0. The summed E-state index contributed by atoms with van der Waals surface area (Å²) in [4.78, 5) is 12.3. The maximum Gasteiger partial charge on any atom is 0.339 e. The van der Waals surface area contributed by atoms with Gasteiger partial charge in [0.05, 0.1) is 5.56 Å². The van der Waals surface area contributed by atoms with Gasteiger partial charge in [-0.05, 0) is 31.4 Å². The quantitative estimate of drug-likeness (QED) is 0.597. The van der Waals surface area contributed by atoms with Crippen molar-refractivity contribution in [2.75, 3.05) is 0 Å². The van der Waals surface area contributed by atoms with E-state index in [0.717, 1.165) is 12.8 Å². The lowest BCUT2D eigenvalue weighted by Crippen LogP contribution is -2.25. The molecule has 1 aromatic carbocycles. The van der Waals surface area contributed by atoms with Gasteiger partial charge >= 0.3 is 5.97 Å². The van der Waals surface area contributed by atoms with Gasteiger partial charge in [-0.1, -0.05) is 12.1 Å². The number of ether oxygens (including phenoxy) is 1. The third-order valence-electron chi connectivity index (χ3n) is 2.45. The Labute approximate surface area is 88.7 Å². The van der Waals surface area contributed by atoms with Gasteiger partial charge in [-0.3, -0.25) is 0 Å². The van der Waals surface area contributed by atoms with E-state index in [0.29, 0.717) is 10.5 Å². The van der Waals surface area contributed by atoms with Crippen LogP contribution in [-0.2, 0) is 4.74 Å². The van der Waals surface area contributed by atoms with E-state index >= 15 is 0 Å². The first-order chi connectivity index (χ1) is 6.77. The van der Waals surface area contributed by atoms with Gasteiger partial charge in [0.2, 0.25) is 0 Å². The van der Waals surface area contributed by atoms with Gasteiger partial charge in [0.1, 0.15) is 6.10 Å². The summed E-state index contributed by atoms with van der Waals surface area (Å²) in [7, 11) is 0. The topological polar surface area (TPSA) is 26.3 Å². The van der Waals surface area contributed by atoms with Crippen molar-refractivity contribution in [2.24, 2.45) is 0 Å². The molecule has 1 aromatic rings. The minimum Gasteiger partial charge on any atom is -0.459 e. The Morgan fingerprint density at radius 3 is 2.64 bits per heavy atom. The molecule has 0 aromatic heterocycles. The minimum absolute atomic E-state index is 0.135. The van der Waals surface area contributed by atoms with Crippen LogP contribution in [-0.4, -0.2) is 12.1 Å². The molecule has 1 aliphatic rings. The van der Waals surface area contributed by atoms with Gasteiger partial charge in [-0.2, -0.15) is 0 Å². The van der Waals surface area contributed by atoms with E-state index in [1.807, 2.05) is 12.1 Å². The predicted octanol–water partition coefficient (Wildman–Crippen LogP) is 2.68. The van der Waals surface area contributed by atoms with Gasteiger partial charge < -0.3 is 4.74 Å². The zero-order chi connectivity index (χ0) is 9.97. The number of thiol groups is 1. The van der Waals surface area contributed by atoms with E-state index in [2.05, 4.69) is 12.6 Å². The average molecular weight is 208 g/mol. The molecule has 1 aliphatic carbocycles. The highest BCUT2D eigenvalue weighted by Crippen LogP contribution is 2.24.